The van der Waals surface area contributed by atoms with E-state index in [0.29, 0.717) is 0 Å². The maximum Gasteiger partial charge on any atom is 0.0355 e. The molecule has 0 bridgehead atoms. The number of allylic oxidation sites excluding steroid dienone is 1. The van der Waals surface area contributed by atoms with Crippen molar-refractivity contribution in [1.29, 1.82) is 0 Å². The minimum Gasteiger partial charge on any atom is -0.136 e. The highest BCUT2D eigenvalue weighted by atomic mass is 32.1. The Morgan fingerprint density at radius 2 is 1.50 bits per heavy atom. The number of unbranched alkanes of at least 4 members (excludes halogenated alkanes) is 1. The van der Waals surface area contributed by atoms with Crippen LogP contribution in [0.1, 0.15) is 24.6 Å². The third-order valence-electron chi connectivity index (χ3n) is 5.14. The summed E-state index contributed by atoms with van der Waals surface area (Å²) in [5, 5.41) is 9.35. The van der Waals surface area contributed by atoms with E-state index in [0.717, 1.165) is 6.42 Å². The van der Waals surface area contributed by atoms with E-state index in [1.807, 2.05) is 11.3 Å². The Hall–Kier alpha value is -2.64. The summed E-state index contributed by atoms with van der Waals surface area (Å²) in [6.07, 6.45) is 6.90. The third-order valence-corrected chi connectivity index (χ3v) is 6.20. The van der Waals surface area contributed by atoms with Crippen LogP contribution in [0, 0.1) is 0 Å². The molecule has 0 N–H and O–H groups in total. The minimum absolute atomic E-state index is 1.15. The lowest BCUT2D eigenvalue weighted by Gasteiger charge is -2.07. The van der Waals surface area contributed by atoms with Crippen LogP contribution in [0.2, 0.25) is 0 Å². The Morgan fingerprint density at radius 3 is 2.35 bits per heavy atom. The first-order valence-corrected chi connectivity index (χ1v) is 10.1. The molecule has 0 aliphatic carbocycles. The van der Waals surface area contributed by atoms with Crippen molar-refractivity contribution in [3.63, 3.8) is 0 Å². The molecule has 0 fully saturated rings. The highest BCUT2D eigenvalue weighted by Crippen LogP contribution is 2.37. The Morgan fingerprint density at radius 1 is 0.731 bits per heavy atom. The summed E-state index contributed by atoms with van der Waals surface area (Å²) < 4.78 is 1.37. The van der Waals surface area contributed by atoms with Crippen molar-refractivity contribution in [2.24, 2.45) is 0 Å². The molecule has 4 aromatic carbocycles. The zero-order chi connectivity index (χ0) is 17.5. The number of rotatable bonds is 3. The van der Waals surface area contributed by atoms with E-state index in [2.05, 4.69) is 85.8 Å². The van der Waals surface area contributed by atoms with Gasteiger partial charge in [0.15, 0.2) is 0 Å². The molecule has 1 heteroatoms. The lowest BCUT2D eigenvalue weighted by atomic mass is 9.97. The molecule has 0 radical (unpaired) electrons. The summed E-state index contributed by atoms with van der Waals surface area (Å²) in [5.41, 5.74) is 0. The molecule has 0 saturated heterocycles. The second-order valence-electron chi connectivity index (χ2n) is 6.90. The zero-order valence-electron chi connectivity index (χ0n) is 14.8. The maximum absolute atomic E-state index is 2.35. The highest BCUT2D eigenvalue weighted by molar-refractivity contribution is 7.20. The molecule has 1 heterocycles. The molecule has 0 amide bonds. The van der Waals surface area contributed by atoms with E-state index in [4.69, 9.17) is 0 Å². The van der Waals surface area contributed by atoms with E-state index in [-0.39, 0.29) is 0 Å². The van der Waals surface area contributed by atoms with Gasteiger partial charge in [0.25, 0.3) is 0 Å². The van der Waals surface area contributed by atoms with Gasteiger partial charge in [0.05, 0.1) is 0 Å². The van der Waals surface area contributed by atoms with E-state index >= 15 is 0 Å². The summed E-state index contributed by atoms with van der Waals surface area (Å²) in [6, 6.07) is 24.8. The Kier molecular flexibility index (Phi) is 3.76. The third kappa shape index (κ3) is 2.51. The summed E-state index contributed by atoms with van der Waals surface area (Å²) in [4.78, 5) is 1.35. The molecule has 0 unspecified atom stereocenters. The second-order valence-corrected chi connectivity index (χ2v) is 8.01. The number of benzene rings is 4. The van der Waals surface area contributed by atoms with Gasteiger partial charge in [-0.25, -0.2) is 0 Å². The van der Waals surface area contributed by atoms with Crippen LogP contribution in [0.4, 0.5) is 0 Å². The molecule has 0 saturated carbocycles. The molecule has 26 heavy (non-hydrogen) atoms. The van der Waals surface area contributed by atoms with E-state index in [1.165, 1.54) is 53.7 Å². The van der Waals surface area contributed by atoms with E-state index < -0.39 is 0 Å². The summed E-state index contributed by atoms with van der Waals surface area (Å²) in [5.74, 6) is 0. The van der Waals surface area contributed by atoms with Gasteiger partial charge in [-0.15, -0.1) is 11.3 Å². The highest BCUT2D eigenvalue weighted by Gasteiger charge is 2.08. The molecule has 1 aromatic heterocycles. The van der Waals surface area contributed by atoms with Gasteiger partial charge in [-0.3, -0.25) is 0 Å². The normalized spacial score (nSPS) is 12.2. The molecule has 0 nitrogen and oxygen atoms in total. The molecule has 0 atom stereocenters. The summed E-state index contributed by atoms with van der Waals surface area (Å²) in [7, 11) is 0. The van der Waals surface area contributed by atoms with Crippen LogP contribution in [0.3, 0.4) is 0 Å². The number of fused-ring (bicyclic) bond motifs is 6. The Labute approximate surface area is 157 Å². The lowest BCUT2D eigenvalue weighted by molar-refractivity contribution is 0.962. The van der Waals surface area contributed by atoms with Crippen molar-refractivity contribution in [1.82, 2.24) is 0 Å². The lowest BCUT2D eigenvalue weighted by Crippen LogP contribution is -1.80. The van der Waals surface area contributed by atoms with Crippen LogP contribution in [0.25, 0.3) is 48.5 Å². The van der Waals surface area contributed by atoms with Gasteiger partial charge in [-0.05, 0) is 69.1 Å². The van der Waals surface area contributed by atoms with Crippen molar-refractivity contribution in [2.45, 2.75) is 19.8 Å². The predicted molar refractivity (Wildman–Crippen MR) is 118 cm³/mol. The minimum atomic E-state index is 1.15. The number of hydrogen-bond acceptors (Lipinski definition) is 1. The Bertz CT molecular complexity index is 1290. The van der Waals surface area contributed by atoms with Gasteiger partial charge in [0.1, 0.15) is 0 Å². The van der Waals surface area contributed by atoms with Crippen molar-refractivity contribution in [3.05, 3.63) is 77.7 Å². The van der Waals surface area contributed by atoms with Crippen molar-refractivity contribution in [2.75, 3.05) is 0 Å². The number of thiophene rings is 1. The van der Waals surface area contributed by atoms with Crippen LogP contribution in [0.5, 0.6) is 0 Å². The summed E-state index contributed by atoms with van der Waals surface area (Å²) in [6.45, 7) is 2.22. The van der Waals surface area contributed by atoms with Crippen LogP contribution in [-0.4, -0.2) is 0 Å². The molecule has 0 aliphatic heterocycles. The molecule has 0 aliphatic rings. The van der Waals surface area contributed by atoms with Crippen molar-refractivity contribution >= 4 is 59.8 Å². The molecule has 0 spiro atoms. The fourth-order valence-electron chi connectivity index (χ4n) is 3.82. The van der Waals surface area contributed by atoms with Crippen LogP contribution in [0.15, 0.2) is 72.8 Å². The standard InChI is InChI=1S/C25H20S/c1-2-3-4-9-20-16-24-22-11-10-19-14-17-7-5-6-8-18(17)15-23(19)21(22)12-13-25(24)26-20/h4-16H,2-3H2,1H3. The summed E-state index contributed by atoms with van der Waals surface area (Å²) >= 11 is 1.88. The van der Waals surface area contributed by atoms with E-state index in [9.17, 15) is 0 Å². The Balaban J connectivity index is 1.78. The van der Waals surface area contributed by atoms with E-state index in [1.54, 1.807) is 0 Å². The SMILES string of the molecule is CCCC=Cc1cc2c(ccc3c4cc5ccccc5cc4ccc23)s1. The second kappa shape index (κ2) is 6.26. The van der Waals surface area contributed by atoms with Gasteiger partial charge >= 0.3 is 0 Å². The first-order chi connectivity index (χ1) is 12.8. The fraction of sp³-hybridized carbons (Fsp3) is 0.120. The average molecular weight is 353 g/mol. The largest absolute Gasteiger partial charge is 0.136 e. The quantitative estimate of drug-likeness (QED) is 0.227. The first kappa shape index (κ1) is 15.6. The van der Waals surface area contributed by atoms with Gasteiger partial charge in [0, 0.05) is 15.0 Å². The fourth-order valence-corrected chi connectivity index (χ4v) is 4.83. The molecular formula is C25H20S. The van der Waals surface area contributed by atoms with Crippen LogP contribution in [-0.2, 0) is 0 Å². The maximum atomic E-state index is 2.35. The van der Waals surface area contributed by atoms with Gasteiger partial charge in [0.2, 0.25) is 0 Å². The van der Waals surface area contributed by atoms with Gasteiger partial charge in [-0.2, -0.15) is 0 Å². The molecular weight excluding hydrogens is 332 g/mol. The van der Waals surface area contributed by atoms with Crippen molar-refractivity contribution < 1.29 is 0 Å². The van der Waals surface area contributed by atoms with Crippen molar-refractivity contribution in [3.8, 4) is 0 Å². The zero-order valence-corrected chi connectivity index (χ0v) is 15.6. The van der Waals surface area contributed by atoms with Crippen LogP contribution < -0.4 is 0 Å². The van der Waals surface area contributed by atoms with Gasteiger partial charge < -0.3 is 0 Å². The predicted octanol–water partition coefficient (Wildman–Crippen LogP) is 8.17. The van der Waals surface area contributed by atoms with Gasteiger partial charge in [-0.1, -0.05) is 61.9 Å². The number of hydrogen-bond donors (Lipinski definition) is 0. The topological polar surface area (TPSA) is 0 Å². The van der Waals surface area contributed by atoms with Crippen LogP contribution >= 0.6 is 11.3 Å². The molecule has 5 rings (SSSR count). The first-order valence-electron chi connectivity index (χ1n) is 9.28. The monoisotopic (exact) mass is 352 g/mol. The smallest absolute Gasteiger partial charge is 0.0355 e. The molecule has 5 aromatic rings. The molecule has 126 valence electrons. The average Bonchev–Trinajstić information content (AvgIpc) is 3.09.